The molecule has 20 heavy (non-hydrogen) atoms. The van der Waals surface area contributed by atoms with Crippen LogP contribution >= 0.6 is 0 Å². The van der Waals surface area contributed by atoms with Gasteiger partial charge in [-0.3, -0.25) is 4.21 Å². The van der Waals surface area contributed by atoms with Crippen molar-refractivity contribution in [2.45, 2.75) is 48.7 Å². The number of hydrogen-bond acceptors (Lipinski definition) is 4. The molecule has 2 atom stereocenters. The number of aliphatic hydroxyl groups is 1. The van der Waals surface area contributed by atoms with E-state index in [9.17, 15) is 9.32 Å². The molecule has 0 saturated carbocycles. The fraction of sp³-hybridized carbons (Fsp3) is 0.571. The Morgan fingerprint density at radius 3 is 2.80 bits per heavy atom. The summed E-state index contributed by atoms with van der Waals surface area (Å²) >= 11 is 0. The smallest absolute Gasteiger partial charge is 0.155 e. The van der Waals surface area contributed by atoms with Gasteiger partial charge in [-0.15, -0.1) is 0 Å². The largest absolute Gasteiger partial charge is 0.385 e. The molecule has 5 nitrogen and oxygen atoms in total. The summed E-state index contributed by atoms with van der Waals surface area (Å²) in [6.07, 6.45) is 6.69. The number of fused-ring (bicyclic) bond motifs is 3. The monoisotopic (exact) mass is 291 g/mol. The molecule has 1 N–H and O–H groups in total. The zero-order chi connectivity index (χ0) is 13.9. The molecule has 0 aromatic carbocycles. The SMILES string of the molecule is Cc1cc2ncc(C3(O)CC4CCC(C3)S4=O)cn2n1. The van der Waals surface area contributed by atoms with E-state index in [0.717, 1.165) is 29.7 Å². The summed E-state index contributed by atoms with van der Waals surface area (Å²) in [4.78, 5) is 4.38. The summed E-state index contributed by atoms with van der Waals surface area (Å²) in [5, 5.41) is 15.6. The molecule has 106 valence electrons. The first-order valence-electron chi connectivity index (χ1n) is 6.99. The minimum atomic E-state index is -0.902. The van der Waals surface area contributed by atoms with Crippen molar-refractivity contribution in [2.24, 2.45) is 0 Å². The fourth-order valence-electron chi connectivity index (χ4n) is 3.55. The first-order valence-corrected chi connectivity index (χ1v) is 8.27. The van der Waals surface area contributed by atoms with Crippen molar-refractivity contribution >= 4 is 16.4 Å². The molecule has 4 rings (SSSR count). The van der Waals surface area contributed by atoms with Crippen LogP contribution in [0.15, 0.2) is 18.5 Å². The Balaban J connectivity index is 1.76. The highest BCUT2D eigenvalue weighted by Crippen LogP contribution is 2.45. The Hall–Kier alpha value is -1.27. The van der Waals surface area contributed by atoms with Gasteiger partial charge in [0.15, 0.2) is 5.65 Å². The molecule has 0 radical (unpaired) electrons. The molecule has 2 bridgehead atoms. The highest BCUT2D eigenvalue weighted by molar-refractivity contribution is 7.86. The highest BCUT2D eigenvalue weighted by atomic mass is 32.2. The maximum Gasteiger partial charge on any atom is 0.155 e. The van der Waals surface area contributed by atoms with Crippen LogP contribution in [0.2, 0.25) is 0 Å². The van der Waals surface area contributed by atoms with Crippen LogP contribution in [0.5, 0.6) is 0 Å². The first-order chi connectivity index (χ1) is 9.55. The van der Waals surface area contributed by atoms with Gasteiger partial charge in [0, 0.05) is 45.3 Å². The molecule has 0 amide bonds. The van der Waals surface area contributed by atoms with Gasteiger partial charge in [-0.1, -0.05) is 0 Å². The predicted molar refractivity (Wildman–Crippen MR) is 75.8 cm³/mol. The van der Waals surface area contributed by atoms with Crippen LogP contribution in [0.4, 0.5) is 0 Å². The van der Waals surface area contributed by atoms with Gasteiger partial charge in [-0.25, -0.2) is 9.50 Å². The number of aromatic nitrogens is 3. The summed E-state index contributed by atoms with van der Waals surface area (Å²) in [5.74, 6) is 0. The van der Waals surface area contributed by atoms with E-state index in [2.05, 4.69) is 10.1 Å². The average molecular weight is 291 g/mol. The molecule has 6 heteroatoms. The summed E-state index contributed by atoms with van der Waals surface area (Å²) in [6, 6.07) is 1.91. The molecule has 2 saturated heterocycles. The highest BCUT2D eigenvalue weighted by Gasteiger charge is 2.48. The molecule has 2 aromatic heterocycles. The van der Waals surface area contributed by atoms with Crippen molar-refractivity contribution < 1.29 is 9.32 Å². The third-order valence-electron chi connectivity index (χ3n) is 4.57. The van der Waals surface area contributed by atoms with Gasteiger partial charge in [0.1, 0.15) is 0 Å². The number of aryl methyl sites for hydroxylation is 1. The lowest BCUT2D eigenvalue weighted by Crippen LogP contribution is -2.40. The van der Waals surface area contributed by atoms with Crippen LogP contribution in [0.25, 0.3) is 5.65 Å². The van der Waals surface area contributed by atoms with Crippen LogP contribution in [0.1, 0.15) is 36.9 Å². The molecule has 0 aliphatic carbocycles. The molecule has 2 aliphatic rings. The Bertz CT molecular complexity index is 696. The second-order valence-corrected chi connectivity index (χ2v) is 8.01. The molecule has 2 aliphatic heterocycles. The quantitative estimate of drug-likeness (QED) is 0.860. The van der Waals surface area contributed by atoms with Crippen LogP contribution in [0.3, 0.4) is 0 Å². The maximum absolute atomic E-state index is 12.1. The Morgan fingerprint density at radius 2 is 2.10 bits per heavy atom. The topological polar surface area (TPSA) is 67.5 Å². The third kappa shape index (κ3) is 1.74. The summed E-state index contributed by atoms with van der Waals surface area (Å²) in [7, 11) is -0.765. The van der Waals surface area contributed by atoms with E-state index in [1.54, 1.807) is 10.7 Å². The van der Waals surface area contributed by atoms with Gasteiger partial charge in [0.25, 0.3) is 0 Å². The van der Waals surface area contributed by atoms with E-state index in [4.69, 9.17) is 0 Å². The van der Waals surface area contributed by atoms with E-state index in [-0.39, 0.29) is 10.5 Å². The standard InChI is InChI=1S/C14H17N3O2S/c1-9-4-13-15-7-10(8-17(13)16-9)14(18)5-11-2-3-12(6-14)20(11)19/h4,7-8,11-12,18H,2-3,5-6H2,1H3. The maximum atomic E-state index is 12.1. The number of rotatable bonds is 1. The van der Waals surface area contributed by atoms with Gasteiger partial charge in [0.2, 0.25) is 0 Å². The van der Waals surface area contributed by atoms with Crippen molar-refractivity contribution in [1.82, 2.24) is 14.6 Å². The lowest BCUT2D eigenvalue weighted by molar-refractivity contribution is 0.0177. The Kier molecular flexibility index (Phi) is 2.57. The molecule has 0 spiro atoms. The molecule has 4 heterocycles. The zero-order valence-electron chi connectivity index (χ0n) is 11.3. The van der Waals surface area contributed by atoms with Crippen molar-refractivity contribution in [3.63, 3.8) is 0 Å². The van der Waals surface area contributed by atoms with Crippen molar-refractivity contribution in [3.8, 4) is 0 Å². The van der Waals surface area contributed by atoms with Gasteiger partial charge in [0.05, 0.1) is 11.3 Å². The van der Waals surface area contributed by atoms with Crippen LogP contribution in [0, 0.1) is 6.92 Å². The summed E-state index contributed by atoms with van der Waals surface area (Å²) in [5.41, 5.74) is 1.59. The summed E-state index contributed by atoms with van der Waals surface area (Å²) < 4.78 is 13.8. The second kappa shape index (κ2) is 4.11. The molecule has 2 fully saturated rings. The minimum absolute atomic E-state index is 0.133. The fourth-order valence-corrected chi connectivity index (χ4v) is 5.71. The van der Waals surface area contributed by atoms with Gasteiger partial charge in [-0.2, -0.15) is 5.10 Å². The Labute approximate surface area is 119 Å². The molecular formula is C14H17N3O2S. The minimum Gasteiger partial charge on any atom is -0.385 e. The third-order valence-corrected chi connectivity index (χ3v) is 6.69. The number of nitrogens with zero attached hydrogens (tertiary/aromatic N) is 3. The lowest BCUT2D eigenvalue weighted by atomic mass is 9.88. The van der Waals surface area contributed by atoms with E-state index in [1.807, 2.05) is 19.2 Å². The van der Waals surface area contributed by atoms with Gasteiger partial charge < -0.3 is 5.11 Å². The molecular weight excluding hydrogens is 274 g/mol. The van der Waals surface area contributed by atoms with Crippen LogP contribution in [-0.4, -0.2) is 34.4 Å². The van der Waals surface area contributed by atoms with Crippen LogP contribution in [-0.2, 0) is 16.4 Å². The van der Waals surface area contributed by atoms with Gasteiger partial charge in [-0.05, 0) is 32.6 Å². The van der Waals surface area contributed by atoms with E-state index in [1.165, 1.54) is 0 Å². The normalized spacial score (nSPS) is 36.6. The zero-order valence-corrected chi connectivity index (χ0v) is 12.1. The molecule has 2 unspecified atom stereocenters. The van der Waals surface area contributed by atoms with E-state index < -0.39 is 16.4 Å². The average Bonchev–Trinajstić information content (AvgIpc) is 2.86. The lowest BCUT2D eigenvalue weighted by Gasteiger charge is -2.35. The molecule has 2 aromatic rings. The van der Waals surface area contributed by atoms with E-state index >= 15 is 0 Å². The predicted octanol–water partition coefficient (Wildman–Crippen LogP) is 1.30. The van der Waals surface area contributed by atoms with Gasteiger partial charge >= 0.3 is 0 Å². The van der Waals surface area contributed by atoms with Crippen LogP contribution < -0.4 is 0 Å². The Morgan fingerprint density at radius 1 is 1.40 bits per heavy atom. The van der Waals surface area contributed by atoms with Crippen molar-refractivity contribution in [1.29, 1.82) is 0 Å². The number of hydrogen-bond donors (Lipinski definition) is 1. The van der Waals surface area contributed by atoms with Crippen molar-refractivity contribution in [2.75, 3.05) is 0 Å². The first kappa shape index (κ1) is 12.5. The van der Waals surface area contributed by atoms with E-state index in [0.29, 0.717) is 12.8 Å². The second-order valence-electron chi connectivity index (χ2n) is 6.02. The van der Waals surface area contributed by atoms with Crippen molar-refractivity contribution in [3.05, 3.63) is 29.7 Å². The summed E-state index contributed by atoms with van der Waals surface area (Å²) in [6.45, 7) is 1.92.